The number of carbonyl (C=O) groups is 1. The quantitative estimate of drug-likeness (QED) is 0.756. The molecule has 6 nitrogen and oxygen atoms in total. The molecule has 1 unspecified atom stereocenters. The third-order valence-corrected chi connectivity index (χ3v) is 5.46. The summed E-state index contributed by atoms with van der Waals surface area (Å²) in [7, 11) is -1.39. The number of nitrogens with zero attached hydrogens (tertiary/aromatic N) is 2. The molecular formula is C16H18N2O4S. The van der Waals surface area contributed by atoms with Gasteiger partial charge in [-0.15, -0.1) is 0 Å². The standard InChI is InChI=1S/C16H18N2O4S/c1-18(14-8-11-23(20,21)12-14)16(19)7-4-13-2-5-15(6-3-13)22-10-9-17/h2-7,14H,8,10-12H2,1H3. The van der Waals surface area contributed by atoms with Crippen LogP contribution in [0, 0.1) is 11.3 Å². The van der Waals surface area contributed by atoms with Crippen LogP contribution < -0.4 is 4.74 Å². The van der Waals surface area contributed by atoms with E-state index in [0.717, 1.165) is 5.56 Å². The first-order valence-electron chi connectivity index (χ1n) is 7.16. The lowest BCUT2D eigenvalue weighted by Gasteiger charge is -2.21. The predicted octanol–water partition coefficient (Wildman–Crippen LogP) is 1.25. The van der Waals surface area contributed by atoms with Crippen LogP contribution in [0.5, 0.6) is 5.75 Å². The molecule has 2 rings (SSSR count). The van der Waals surface area contributed by atoms with E-state index in [1.54, 1.807) is 37.4 Å². The van der Waals surface area contributed by atoms with Crippen LogP contribution in [0.1, 0.15) is 12.0 Å². The van der Waals surface area contributed by atoms with Crippen molar-refractivity contribution >= 4 is 21.8 Å². The molecule has 0 N–H and O–H groups in total. The minimum Gasteiger partial charge on any atom is -0.479 e. The Kier molecular flexibility index (Phi) is 5.40. The highest BCUT2D eigenvalue weighted by atomic mass is 32.2. The Morgan fingerprint density at radius 1 is 1.43 bits per heavy atom. The molecule has 1 saturated heterocycles. The average molecular weight is 334 g/mol. The van der Waals surface area contributed by atoms with Crippen molar-refractivity contribution in [3.63, 3.8) is 0 Å². The van der Waals surface area contributed by atoms with Gasteiger partial charge >= 0.3 is 0 Å². The zero-order valence-corrected chi connectivity index (χ0v) is 13.6. The van der Waals surface area contributed by atoms with Gasteiger partial charge in [0, 0.05) is 19.2 Å². The van der Waals surface area contributed by atoms with Crippen molar-refractivity contribution in [3.05, 3.63) is 35.9 Å². The lowest BCUT2D eigenvalue weighted by molar-refractivity contribution is -0.126. The first-order chi connectivity index (χ1) is 10.9. The molecule has 0 aromatic heterocycles. The van der Waals surface area contributed by atoms with E-state index >= 15 is 0 Å². The Bertz CT molecular complexity index is 732. The van der Waals surface area contributed by atoms with Gasteiger partial charge in [0.2, 0.25) is 5.91 Å². The fourth-order valence-electron chi connectivity index (χ4n) is 2.34. The van der Waals surface area contributed by atoms with Crippen molar-refractivity contribution in [2.45, 2.75) is 12.5 Å². The molecule has 1 heterocycles. The average Bonchev–Trinajstić information content (AvgIpc) is 2.90. The van der Waals surface area contributed by atoms with E-state index in [-0.39, 0.29) is 30.1 Å². The second kappa shape index (κ2) is 7.29. The monoisotopic (exact) mass is 334 g/mol. The number of hydrogen-bond acceptors (Lipinski definition) is 5. The molecule has 1 fully saturated rings. The highest BCUT2D eigenvalue weighted by molar-refractivity contribution is 7.91. The van der Waals surface area contributed by atoms with Gasteiger partial charge in [0.05, 0.1) is 11.5 Å². The summed E-state index contributed by atoms with van der Waals surface area (Å²) < 4.78 is 28.1. The van der Waals surface area contributed by atoms with E-state index in [1.165, 1.54) is 11.0 Å². The van der Waals surface area contributed by atoms with Crippen LogP contribution in [0.4, 0.5) is 0 Å². The molecule has 1 atom stereocenters. The molecule has 1 aliphatic rings. The molecule has 23 heavy (non-hydrogen) atoms. The van der Waals surface area contributed by atoms with Crippen molar-refractivity contribution in [3.8, 4) is 11.8 Å². The van der Waals surface area contributed by atoms with Gasteiger partial charge < -0.3 is 9.64 Å². The summed E-state index contributed by atoms with van der Waals surface area (Å²) >= 11 is 0. The van der Waals surface area contributed by atoms with E-state index in [2.05, 4.69) is 0 Å². The van der Waals surface area contributed by atoms with E-state index < -0.39 is 9.84 Å². The Morgan fingerprint density at radius 3 is 2.70 bits per heavy atom. The topological polar surface area (TPSA) is 87.5 Å². The molecule has 0 spiro atoms. The summed E-state index contributed by atoms with van der Waals surface area (Å²) in [5.41, 5.74) is 0.815. The van der Waals surface area contributed by atoms with Crippen LogP contribution >= 0.6 is 0 Å². The molecule has 0 radical (unpaired) electrons. The van der Waals surface area contributed by atoms with Crippen molar-refractivity contribution in [1.29, 1.82) is 5.26 Å². The van der Waals surface area contributed by atoms with Crippen LogP contribution in [-0.2, 0) is 14.6 Å². The Morgan fingerprint density at radius 2 is 2.13 bits per heavy atom. The maximum absolute atomic E-state index is 12.1. The number of ether oxygens (including phenoxy) is 1. The number of sulfone groups is 1. The lowest BCUT2D eigenvalue weighted by atomic mass is 10.2. The van der Waals surface area contributed by atoms with E-state index in [9.17, 15) is 13.2 Å². The minimum atomic E-state index is -3.01. The summed E-state index contributed by atoms with van der Waals surface area (Å²) in [6.07, 6.45) is 3.58. The maximum atomic E-state index is 12.1. The van der Waals surface area contributed by atoms with E-state index in [4.69, 9.17) is 10.00 Å². The Labute approximate surface area is 135 Å². The molecule has 1 amide bonds. The van der Waals surface area contributed by atoms with Gasteiger partial charge in [-0.05, 0) is 30.2 Å². The largest absolute Gasteiger partial charge is 0.479 e. The number of amides is 1. The van der Waals surface area contributed by atoms with Crippen molar-refractivity contribution in [1.82, 2.24) is 4.90 Å². The summed E-state index contributed by atoms with van der Waals surface area (Å²) in [5.74, 6) is 0.539. The smallest absolute Gasteiger partial charge is 0.246 e. The number of benzene rings is 1. The second-order valence-electron chi connectivity index (χ2n) is 5.36. The molecule has 0 aliphatic carbocycles. The summed E-state index contributed by atoms with van der Waals surface area (Å²) in [5, 5.41) is 8.44. The first-order valence-corrected chi connectivity index (χ1v) is 8.98. The normalized spacial score (nSPS) is 19.4. The molecular weight excluding hydrogens is 316 g/mol. The third kappa shape index (κ3) is 4.83. The summed E-state index contributed by atoms with van der Waals surface area (Å²) in [6, 6.07) is 8.62. The summed E-state index contributed by atoms with van der Waals surface area (Å²) in [6.45, 7) is -0.0111. The van der Waals surface area contributed by atoms with Crippen LogP contribution in [-0.4, -0.2) is 50.4 Å². The van der Waals surface area contributed by atoms with Crippen LogP contribution in [0.15, 0.2) is 30.3 Å². The van der Waals surface area contributed by atoms with Gasteiger partial charge in [-0.25, -0.2) is 8.42 Å². The van der Waals surface area contributed by atoms with Crippen LogP contribution in [0.3, 0.4) is 0 Å². The minimum absolute atomic E-state index is 0.0111. The highest BCUT2D eigenvalue weighted by Crippen LogP contribution is 2.17. The molecule has 122 valence electrons. The summed E-state index contributed by atoms with van der Waals surface area (Å²) in [4.78, 5) is 13.6. The fourth-order valence-corrected chi connectivity index (χ4v) is 4.11. The van der Waals surface area contributed by atoms with Gasteiger partial charge in [-0.3, -0.25) is 4.79 Å². The second-order valence-corrected chi connectivity index (χ2v) is 7.58. The Balaban J connectivity index is 1.94. The lowest BCUT2D eigenvalue weighted by Crippen LogP contribution is -2.36. The molecule has 0 saturated carbocycles. The molecule has 0 bridgehead atoms. The molecule has 1 aromatic carbocycles. The third-order valence-electron chi connectivity index (χ3n) is 3.71. The SMILES string of the molecule is CN(C(=O)C=Cc1ccc(OCC#N)cc1)C1CCS(=O)(=O)C1. The number of nitriles is 1. The number of carbonyl (C=O) groups excluding carboxylic acids is 1. The Hall–Kier alpha value is -2.33. The number of likely N-dealkylation sites (N-methyl/N-ethyl adjacent to an activating group) is 1. The van der Waals surface area contributed by atoms with Gasteiger partial charge in [0.25, 0.3) is 0 Å². The van der Waals surface area contributed by atoms with E-state index in [0.29, 0.717) is 12.2 Å². The maximum Gasteiger partial charge on any atom is 0.246 e. The zero-order valence-electron chi connectivity index (χ0n) is 12.8. The number of hydrogen-bond donors (Lipinski definition) is 0. The zero-order chi connectivity index (χ0) is 16.9. The molecule has 7 heteroatoms. The van der Waals surface area contributed by atoms with E-state index in [1.807, 2.05) is 6.07 Å². The van der Waals surface area contributed by atoms with Gasteiger partial charge in [-0.2, -0.15) is 5.26 Å². The molecule has 1 aliphatic heterocycles. The van der Waals surface area contributed by atoms with Crippen molar-refractivity contribution in [2.24, 2.45) is 0 Å². The van der Waals surface area contributed by atoms with Crippen molar-refractivity contribution < 1.29 is 17.9 Å². The van der Waals surface area contributed by atoms with Gasteiger partial charge in [0.15, 0.2) is 16.4 Å². The van der Waals surface area contributed by atoms with Crippen LogP contribution in [0.2, 0.25) is 0 Å². The number of rotatable bonds is 5. The van der Waals surface area contributed by atoms with Gasteiger partial charge in [-0.1, -0.05) is 12.1 Å². The first kappa shape index (κ1) is 17.0. The van der Waals surface area contributed by atoms with Gasteiger partial charge in [0.1, 0.15) is 11.8 Å². The molecule has 1 aromatic rings. The highest BCUT2D eigenvalue weighted by Gasteiger charge is 2.31. The van der Waals surface area contributed by atoms with Crippen molar-refractivity contribution in [2.75, 3.05) is 25.2 Å². The van der Waals surface area contributed by atoms with Crippen LogP contribution in [0.25, 0.3) is 6.08 Å². The fraction of sp³-hybridized carbons (Fsp3) is 0.375. The predicted molar refractivity (Wildman–Crippen MR) is 86.4 cm³/mol.